The molecule has 5 rings (SSSR count). The van der Waals surface area contributed by atoms with Gasteiger partial charge in [0, 0.05) is 5.56 Å². The highest BCUT2D eigenvalue weighted by Gasteiger charge is 2.36. The summed E-state index contributed by atoms with van der Waals surface area (Å²) in [6.07, 6.45) is 0. The summed E-state index contributed by atoms with van der Waals surface area (Å²) in [6, 6.07) is 21.4. The lowest BCUT2D eigenvalue weighted by Gasteiger charge is -2.22. The molecule has 1 aliphatic rings. The Bertz CT molecular complexity index is 1100. The standard InChI is InChI=1S/C22H18N2S/c1-13-7-9-15-16-10-8-14(12-18(16)22(2,23)17(15)11-13)21-24-19-5-3-4-6-20(19)25-21/h3-12H,23H2,1-2H3. The molecule has 1 aliphatic carbocycles. The molecule has 0 bridgehead atoms. The van der Waals surface area contributed by atoms with Gasteiger partial charge in [0.15, 0.2) is 0 Å². The molecular weight excluding hydrogens is 324 g/mol. The number of aryl methyl sites for hydroxylation is 1. The lowest BCUT2D eigenvalue weighted by Crippen LogP contribution is -2.31. The second-order valence-electron chi connectivity index (χ2n) is 7.00. The first-order valence-electron chi connectivity index (χ1n) is 8.45. The Labute approximate surface area is 151 Å². The molecule has 25 heavy (non-hydrogen) atoms. The zero-order valence-corrected chi connectivity index (χ0v) is 15.0. The number of aromatic nitrogens is 1. The molecule has 2 nitrogen and oxygen atoms in total. The molecule has 2 N–H and O–H groups in total. The van der Waals surface area contributed by atoms with Gasteiger partial charge >= 0.3 is 0 Å². The minimum Gasteiger partial charge on any atom is -0.318 e. The molecule has 0 spiro atoms. The molecular formula is C22H18N2S. The van der Waals surface area contributed by atoms with Crippen LogP contribution in [-0.2, 0) is 5.54 Å². The number of benzene rings is 3. The molecule has 1 aromatic heterocycles. The topological polar surface area (TPSA) is 38.9 Å². The SMILES string of the molecule is Cc1ccc2c(c1)C(C)(N)c1cc(-c3nc4ccccc4s3)ccc1-2. The highest BCUT2D eigenvalue weighted by Crippen LogP contribution is 2.47. The van der Waals surface area contributed by atoms with Crippen molar-refractivity contribution in [3.05, 3.63) is 77.4 Å². The van der Waals surface area contributed by atoms with E-state index in [1.54, 1.807) is 11.3 Å². The molecule has 0 saturated carbocycles. The fraction of sp³-hybridized carbons (Fsp3) is 0.136. The van der Waals surface area contributed by atoms with E-state index in [4.69, 9.17) is 10.7 Å². The van der Waals surface area contributed by atoms with Crippen molar-refractivity contribution < 1.29 is 0 Å². The quantitative estimate of drug-likeness (QED) is 0.498. The van der Waals surface area contributed by atoms with Gasteiger partial charge in [-0.05, 0) is 54.3 Å². The summed E-state index contributed by atoms with van der Waals surface area (Å²) in [5, 5.41) is 1.05. The average Bonchev–Trinajstić information content (AvgIpc) is 3.13. The third-order valence-corrected chi connectivity index (χ3v) is 6.23. The van der Waals surface area contributed by atoms with E-state index in [0.29, 0.717) is 0 Å². The van der Waals surface area contributed by atoms with E-state index in [2.05, 4.69) is 68.4 Å². The lowest BCUT2D eigenvalue weighted by atomic mass is 9.89. The Morgan fingerprint density at radius 1 is 0.920 bits per heavy atom. The van der Waals surface area contributed by atoms with Crippen LogP contribution >= 0.6 is 11.3 Å². The molecule has 1 atom stereocenters. The summed E-state index contributed by atoms with van der Waals surface area (Å²) in [5.74, 6) is 0. The van der Waals surface area contributed by atoms with Crippen LogP contribution in [0.5, 0.6) is 0 Å². The number of rotatable bonds is 1. The maximum Gasteiger partial charge on any atom is 0.124 e. The van der Waals surface area contributed by atoms with Crippen molar-refractivity contribution in [3.8, 4) is 21.7 Å². The lowest BCUT2D eigenvalue weighted by molar-refractivity contribution is 0.620. The van der Waals surface area contributed by atoms with Gasteiger partial charge < -0.3 is 5.73 Å². The Kier molecular flexibility index (Phi) is 2.97. The van der Waals surface area contributed by atoms with Gasteiger partial charge in [-0.3, -0.25) is 0 Å². The van der Waals surface area contributed by atoms with Crippen molar-refractivity contribution in [2.75, 3.05) is 0 Å². The summed E-state index contributed by atoms with van der Waals surface area (Å²) in [7, 11) is 0. The molecule has 1 heterocycles. The number of hydrogen-bond donors (Lipinski definition) is 1. The normalized spacial score (nSPS) is 18.4. The Morgan fingerprint density at radius 3 is 2.44 bits per heavy atom. The number of fused-ring (bicyclic) bond motifs is 4. The summed E-state index contributed by atoms with van der Waals surface area (Å²) < 4.78 is 1.22. The van der Waals surface area contributed by atoms with Crippen molar-refractivity contribution in [2.24, 2.45) is 5.73 Å². The minimum atomic E-state index is -0.469. The third-order valence-electron chi connectivity index (χ3n) is 5.14. The van der Waals surface area contributed by atoms with Crippen LogP contribution in [0.2, 0.25) is 0 Å². The van der Waals surface area contributed by atoms with Gasteiger partial charge in [0.25, 0.3) is 0 Å². The number of para-hydroxylation sites is 1. The first-order chi connectivity index (χ1) is 12.0. The van der Waals surface area contributed by atoms with E-state index < -0.39 is 5.54 Å². The molecule has 0 fully saturated rings. The second-order valence-corrected chi connectivity index (χ2v) is 8.03. The van der Waals surface area contributed by atoms with E-state index in [1.165, 1.54) is 32.5 Å². The van der Waals surface area contributed by atoms with Crippen LogP contribution < -0.4 is 5.73 Å². The van der Waals surface area contributed by atoms with Crippen molar-refractivity contribution >= 4 is 21.6 Å². The number of hydrogen-bond acceptors (Lipinski definition) is 3. The average molecular weight is 342 g/mol. The Hall–Kier alpha value is -2.49. The predicted octanol–water partition coefficient (Wildman–Crippen LogP) is 5.47. The van der Waals surface area contributed by atoms with E-state index in [9.17, 15) is 0 Å². The Morgan fingerprint density at radius 2 is 1.64 bits per heavy atom. The van der Waals surface area contributed by atoms with Gasteiger partial charge in [0.1, 0.15) is 5.01 Å². The summed E-state index contributed by atoms with van der Waals surface area (Å²) in [6.45, 7) is 4.23. The fourth-order valence-corrected chi connectivity index (χ4v) is 4.77. The zero-order valence-electron chi connectivity index (χ0n) is 14.2. The predicted molar refractivity (Wildman–Crippen MR) is 106 cm³/mol. The molecule has 3 heteroatoms. The highest BCUT2D eigenvalue weighted by molar-refractivity contribution is 7.21. The third kappa shape index (κ3) is 2.10. The van der Waals surface area contributed by atoms with Crippen LogP contribution in [0.15, 0.2) is 60.7 Å². The summed E-state index contributed by atoms with van der Waals surface area (Å²) >= 11 is 1.73. The van der Waals surface area contributed by atoms with Gasteiger partial charge in [0.2, 0.25) is 0 Å². The maximum atomic E-state index is 6.77. The van der Waals surface area contributed by atoms with Gasteiger partial charge in [-0.25, -0.2) is 4.98 Å². The van der Waals surface area contributed by atoms with Gasteiger partial charge in [-0.2, -0.15) is 0 Å². The van der Waals surface area contributed by atoms with Crippen LogP contribution in [0.3, 0.4) is 0 Å². The van der Waals surface area contributed by atoms with Crippen LogP contribution in [0.1, 0.15) is 23.6 Å². The fourth-order valence-electron chi connectivity index (χ4n) is 3.81. The number of thiazole rings is 1. The molecule has 0 amide bonds. The summed E-state index contributed by atoms with van der Waals surface area (Å²) in [4.78, 5) is 4.80. The van der Waals surface area contributed by atoms with Crippen molar-refractivity contribution in [3.63, 3.8) is 0 Å². The first kappa shape index (κ1) is 14.8. The van der Waals surface area contributed by atoms with Gasteiger partial charge in [-0.15, -0.1) is 11.3 Å². The van der Waals surface area contributed by atoms with E-state index in [0.717, 1.165) is 16.1 Å². The van der Waals surface area contributed by atoms with Gasteiger partial charge in [-0.1, -0.05) is 48.0 Å². The maximum absolute atomic E-state index is 6.77. The van der Waals surface area contributed by atoms with Crippen molar-refractivity contribution in [2.45, 2.75) is 19.4 Å². The van der Waals surface area contributed by atoms with E-state index >= 15 is 0 Å². The molecule has 0 saturated heterocycles. The minimum absolute atomic E-state index is 0.469. The number of nitrogens with zero attached hydrogens (tertiary/aromatic N) is 1. The van der Waals surface area contributed by atoms with Crippen LogP contribution in [0, 0.1) is 6.92 Å². The molecule has 122 valence electrons. The first-order valence-corrected chi connectivity index (χ1v) is 9.26. The number of nitrogens with two attached hydrogens (primary N) is 1. The molecule has 0 radical (unpaired) electrons. The van der Waals surface area contributed by atoms with Gasteiger partial charge in [0.05, 0.1) is 15.8 Å². The molecule has 3 aromatic carbocycles. The molecule has 4 aromatic rings. The smallest absolute Gasteiger partial charge is 0.124 e. The van der Waals surface area contributed by atoms with Crippen LogP contribution in [0.4, 0.5) is 0 Å². The largest absolute Gasteiger partial charge is 0.318 e. The van der Waals surface area contributed by atoms with Crippen molar-refractivity contribution in [1.82, 2.24) is 4.98 Å². The van der Waals surface area contributed by atoms with E-state index in [1.807, 2.05) is 6.07 Å². The zero-order chi connectivity index (χ0) is 17.2. The summed E-state index contributed by atoms with van der Waals surface area (Å²) in [5.41, 5.74) is 14.6. The molecule has 1 unspecified atom stereocenters. The van der Waals surface area contributed by atoms with Crippen LogP contribution in [-0.4, -0.2) is 4.98 Å². The van der Waals surface area contributed by atoms with Crippen molar-refractivity contribution in [1.29, 1.82) is 0 Å². The highest BCUT2D eigenvalue weighted by atomic mass is 32.1. The monoisotopic (exact) mass is 342 g/mol. The second kappa shape index (κ2) is 5.01. The molecule has 0 aliphatic heterocycles. The Balaban J connectivity index is 1.70. The van der Waals surface area contributed by atoms with E-state index in [-0.39, 0.29) is 0 Å². The van der Waals surface area contributed by atoms with Crippen LogP contribution in [0.25, 0.3) is 31.9 Å².